The molecule has 2 aromatic heterocycles. The lowest BCUT2D eigenvalue weighted by atomic mass is 9.86. The molecule has 0 unspecified atom stereocenters. The summed E-state index contributed by atoms with van der Waals surface area (Å²) in [5, 5.41) is 1.78. The molecule has 0 atom stereocenters. The van der Waals surface area contributed by atoms with Gasteiger partial charge in [-0.05, 0) is 42.8 Å². The Morgan fingerprint density at radius 3 is 2.26 bits per heavy atom. The monoisotopic (exact) mass is 539 g/mol. The van der Waals surface area contributed by atoms with E-state index in [-0.39, 0.29) is 38.5 Å². The van der Waals surface area contributed by atoms with Gasteiger partial charge in [0.25, 0.3) is 10.0 Å². The molecule has 0 aliphatic heterocycles. The van der Waals surface area contributed by atoms with E-state index in [9.17, 15) is 36.0 Å². The van der Waals surface area contributed by atoms with E-state index in [1.54, 1.807) is 24.4 Å². The van der Waals surface area contributed by atoms with Crippen molar-refractivity contribution < 1.29 is 36.0 Å². The van der Waals surface area contributed by atoms with Gasteiger partial charge in [-0.15, -0.1) is 0 Å². The molecule has 192 valence electrons. The van der Waals surface area contributed by atoms with Crippen LogP contribution in [0.25, 0.3) is 11.1 Å². The highest BCUT2D eigenvalue weighted by Crippen LogP contribution is 2.38. The second-order valence-corrected chi connectivity index (χ2v) is 10.2. The van der Waals surface area contributed by atoms with E-state index in [0.717, 1.165) is 15.7 Å². The van der Waals surface area contributed by atoms with Crippen molar-refractivity contribution in [2.45, 2.75) is 18.0 Å². The number of alkyl halides is 3. The highest BCUT2D eigenvalue weighted by Gasteiger charge is 2.40. The number of nitrogens with zero attached hydrogens (tertiary/aromatic N) is 2. The fourth-order valence-electron chi connectivity index (χ4n) is 4.20. The number of rotatable bonds is 4. The van der Waals surface area contributed by atoms with Crippen LogP contribution in [0.2, 0.25) is 0 Å². The first-order valence-corrected chi connectivity index (χ1v) is 12.4. The van der Waals surface area contributed by atoms with Crippen molar-refractivity contribution in [3.8, 4) is 11.1 Å². The number of nitrogens with one attached hydrogen (secondary N) is 1. The topological polar surface area (TPSA) is 115 Å². The average molecular weight is 539 g/mol. The number of anilines is 1. The van der Waals surface area contributed by atoms with Gasteiger partial charge in [0.2, 0.25) is 5.78 Å². The van der Waals surface area contributed by atoms with Gasteiger partial charge in [-0.2, -0.15) is 13.2 Å². The van der Waals surface area contributed by atoms with Crippen molar-refractivity contribution >= 4 is 33.2 Å². The molecule has 1 amide bonds. The van der Waals surface area contributed by atoms with E-state index in [1.165, 1.54) is 54.7 Å². The second-order valence-electron chi connectivity index (χ2n) is 8.43. The number of ketones is 2. The summed E-state index contributed by atoms with van der Waals surface area (Å²) in [4.78, 5) is 42.6. The van der Waals surface area contributed by atoms with Gasteiger partial charge in [-0.3, -0.25) is 19.4 Å². The summed E-state index contributed by atoms with van der Waals surface area (Å²) in [5.41, 5.74) is -0.516. The maximum absolute atomic E-state index is 13.6. The molecule has 0 saturated heterocycles. The van der Waals surface area contributed by atoms with E-state index in [4.69, 9.17) is 0 Å². The lowest BCUT2D eigenvalue weighted by molar-refractivity contribution is -0.167. The van der Waals surface area contributed by atoms with Gasteiger partial charge >= 0.3 is 12.1 Å². The zero-order valence-electron chi connectivity index (χ0n) is 19.4. The molecule has 8 nitrogen and oxygen atoms in total. The zero-order valence-corrected chi connectivity index (χ0v) is 20.2. The minimum Gasteiger partial charge on any atom is -0.318 e. The van der Waals surface area contributed by atoms with E-state index in [2.05, 4.69) is 4.98 Å². The van der Waals surface area contributed by atoms with Gasteiger partial charge in [0.05, 0.1) is 16.0 Å². The number of carbonyl (C=O) groups is 3. The lowest BCUT2D eigenvalue weighted by Gasteiger charge is -2.20. The third-order valence-corrected chi connectivity index (χ3v) is 7.70. The Bertz CT molecular complexity index is 1760. The zero-order chi connectivity index (χ0) is 27.4. The van der Waals surface area contributed by atoms with E-state index in [1.807, 2.05) is 0 Å². The Balaban J connectivity index is 1.64. The lowest BCUT2D eigenvalue weighted by Crippen LogP contribution is -2.30. The molecule has 12 heteroatoms. The van der Waals surface area contributed by atoms with Crippen molar-refractivity contribution in [3.05, 3.63) is 101 Å². The molecule has 0 saturated carbocycles. The Kier molecular flexibility index (Phi) is 5.79. The first-order chi connectivity index (χ1) is 17.9. The molecule has 0 radical (unpaired) electrons. The average Bonchev–Trinajstić information content (AvgIpc) is 3.34. The fourth-order valence-corrected chi connectivity index (χ4v) is 5.55. The summed E-state index contributed by atoms with van der Waals surface area (Å²) in [5.74, 6) is -3.81. The minimum absolute atomic E-state index is 0.0417. The quantitative estimate of drug-likeness (QED) is 0.363. The van der Waals surface area contributed by atoms with Crippen molar-refractivity contribution in [1.82, 2.24) is 8.96 Å². The molecule has 2 heterocycles. The molecule has 0 spiro atoms. The van der Waals surface area contributed by atoms with Gasteiger partial charge < -0.3 is 5.32 Å². The number of pyridine rings is 1. The van der Waals surface area contributed by atoms with Crippen molar-refractivity contribution in [3.63, 3.8) is 0 Å². The van der Waals surface area contributed by atoms with E-state index in [0.29, 0.717) is 0 Å². The number of aryl methyl sites for hydroxylation is 1. The molecular formula is C26H16F3N3O5S. The van der Waals surface area contributed by atoms with Gasteiger partial charge in [-0.25, -0.2) is 12.4 Å². The van der Waals surface area contributed by atoms with Gasteiger partial charge in [0, 0.05) is 23.6 Å². The SMILES string of the molecule is Cc1ccc(S(=O)(=O)n2ccc3c2C(=O)c2nccc(-c4ccccc4NC(=O)C(F)(F)F)c2C3=O)cc1. The van der Waals surface area contributed by atoms with Gasteiger partial charge in [-0.1, -0.05) is 35.9 Å². The first kappa shape index (κ1) is 25.1. The van der Waals surface area contributed by atoms with Crippen LogP contribution in [0.3, 0.4) is 0 Å². The van der Waals surface area contributed by atoms with Crippen molar-refractivity contribution in [2.24, 2.45) is 0 Å². The maximum atomic E-state index is 13.6. The molecule has 38 heavy (non-hydrogen) atoms. The molecule has 0 bridgehead atoms. The molecule has 1 aliphatic carbocycles. The predicted octanol–water partition coefficient (Wildman–Crippen LogP) is 4.37. The number of amides is 1. The molecule has 4 aromatic rings. The molecule has 2 aromatic carbocycles. The first-order valence-electron chi connectivity index (χ1n) is 11.0. The highest BCUT2D eigenvalue weighted by molar-refractivity contribution is 7.90. The number of aromatic nitrogens is 2. The molecular weight excluding hydrogens is 523 g/mol. The summed E-state index contributed by atoms with van der Waals surface area (Å²) in [7, 11) is -4.25. The molecule has 1 aliphatic rings. The summed E-state index contributed by atoms with van der Waals surface area (Å²) in [6, 6.07) is 13.9. The Labute approximate surface area is 213 Å². The number of halogens is 3. The summed E-state index contributed by atoms with van der Waals surface area (Å²) >= 11 is 0. The Morgan fingerprint density at radius 1 is 0.895 bits per heavy atom. The molecule has 1 N–H and O–H groups in total. The maximum Gasteiger partial charge on any atom is 0.471 e. The van der Waals surface area contributed by atoms with Crippen molar-refractivity contribution in [1.29, 1.82) is 0 Å². The van der Waals surface area contributed by atoms with Crippen LogP contribution in [0, 0.1) is 6.92 Å². The Morgan fingerprint density at radius 2 is 1.58 bits per heavy atom. The normalized spacial score (nSPS) is 13.2. The van der Waals surface area contributed by atoms with Crippen LogP contribution in [0.4, 0.5) is 18.9 Å². The van der Waals surface area contributed by atoms with Crippen LogP contribution in [0.5, 0.6) is 0 Å². The third-order valence-electron chi connectivity index (χ3n) is 6.01. The second kappa shape index (κ2) is 8.77. The number of benzene rings is 2. The van der Waals surface area contributed by atoms with Crippen LogP contribution >= 0.6 is 0 Å². The van der Waals surface area contributed by atoms with E-state index < -0.39 is 39.4 Å². The number of fused-ring (bicyclic) bond motifs is 2. The van der Waals surface area contributed by atoms with E-state index >= 15 is 0 Å². The predicted molar refractivity (Wildman–Crippen MR) is 129 cm³/mol. The summed E-state index contributed by atoms with van der Waals surface area (Å²) < 4.78 is 66.0. The van der Waals surface area contributed by atoms with Gasteiger partial charge in [0.15, 0.2) is 5.78 Å². The number of hydrogen-bond donors (Lipinski definition) is 1. The molecule has 5 rings (SSSR count). The van der Waals surface area contributed by atoms with Crippen LogP contribution in [0.15, 0.2) is 78.0 Å². The Hall–Kier alpha value is -4.58. The highest BCUT2D eigenvalue weighted by atomic mass is 32.2. The number of para-hydroxylation sites is 1. The van der Waals surface area contributed by atoms with Crippen LogP contribution in [0.1, 0.15) is 37.7 Å². The number of carbonyl (C=O) groups excluding carboxylic acids is 3. The fraction of sp³-hybridized carbons (Fsp3) is 0.0769. The smallest absolute Gasteiger partial charge is 0.318 e. The standard InChI is InChI=1S/C26H16F3N3O5S/c1-14-6-8-15(9-7-14)38(36,37)32-13-11-18-22(32)24(34)21-20(23(18)33)17(10-12-30-21)16-4-2-3-5-19(16)31-25(35)26(27,28)29/h2-13H,1H3,(H,31,35). The van der Waals surface area contributed by atoms with Crippen molar-refractivity contribution in [2.75, 3.05) is 5.32 Å². The third kappa shape index (κ3) is 3.98. The minimum atomic E-state index is -5.16. The number of hydrogen-bond acceptors (Lipinski definition) is 6. The largest absolute Gasteiger partial charge is 0.471 e. The summed E-state index contributed by atoms with van der Waals surface area (Å²) in [6.07, 6.45) is -2.88. The summed E-state index contributed by atoms with van der Waals surface area (Å²) in [6.45, 7) is 1.78. The van der Waals surface area contributed by atoms with Crippen LogP contribution in [-0.2, 0) is 14.8 Å². The molecule has 0 fully saturated rings. The van der Waals surface area contributed by atoms with Crippen LogP contribution < -0.4 is 5.32 Å². The van der Waals surface area contributed by atoms with Gasteiger partial charge in [0.1, 0.15) is 11.4 Å². The van der Waals surface area contributed by atoms with Crippen LogP contribution in [-0.4, -0.2) is 41.0 Å².